The zero-order chi connectivity index (χ0) is 10.1. The molecule has 0 amide bonds. The van der Waals surface area contributed by atoms with Crippen molar-refractivity contribution in [2.24, 2.45) is 5.92 Å². The van der Waals surface area contributed by atoms with Gasteiger partial charge < -0.3 is 0 Å². The molecular formula is C12H14ClF. The van der Waals surface area contributed by atoms with Gasteiger partial charge in [-0.2, -0.15) is 0 Å². The fraction of sp³-hybridized carbons (Fsp3) is 0.500. The molecule has 0 aliphatic heterocycles. The predicted molar refractivity (Wildman–Crippen MR) is 57.2 cm³/mol. The van der Waals surface area contributed by atoms with Crippen LogP contribution in [-0.2, 0) is 0 Å². The molecule has 0 heterocycles. The lowest BCUT2D eigenvalue weighted by Gasteiger charge is -2.32. The third-order valence-corrected chi connectivity index (χ3v) is 3.65. The van der Waals surface area contributed by atoms with Crippen LogP contribution in [-0.4, -0.2) is 0 Å². The third-order valence-electron chi connectivity index (χ3n) is 3.31. The van der Waals surface area contributed by atoms with Gasteiger partial charge in [0.1, 0.15) is 5.82 Å². The van der Waals surface area contributed by atoms with Crippen molar-refractivity contribution in [3.63, 3.8) is 0 Å². The molecule has 1 atom stereocenters. The summed E-state index contributed by atoms with van der Waals surface area (Å²) in [5, 5.41) is 0.700. The summed E-state index contributed by atoms with van der Waals surface area (Å²) in [6.07, 6.45) is 3.82. The summed E-state index contributed by atoms with van der Waals surface area (Å²) in [5.41, 5.74) is 0.969. The minimum Gasteiger partial charge on any atom is -0.207 e. The van der Waals surface area contributed by atoms with Crippen LogP contribution in [0.2, 0.25) is 5.02 Å². The van der Waals surface area contributed by atoms with Gasteiger partial charge in [-0.1, -0.05) is 24.9 Å². The van der Waals surface area contributed by atoms with Crippen LogP contribution in [0.25, 0.3) is 0 Å². The molecule has 0 aromatic heterocycles. The number of rotatable bonds is 2. The molecule has 1 aromatic carbocycles. The standard InChI is InChI=1S/C12H14ClF/c1-8(9-3-2-4-9)11-7-10(14)5-6-12(11)13/h5-9H,2-4H2,1H3. The van der Waals surface area contributed by atoms with Crippen LogP contribution in [0.15, 0.2) is 18.2 Å². The lowest BCUT2D eigenvalue weighted by atomic mass is 9.74. The van der Waals surface area contributed by atoms with E-state index >= 15 is 0 Å². The van der Waals surface area contributed by atoms with Crippen LogP contribution in [0.1, 0.15) is 37.7 Å². The van der Waals surface area contributed by atoms with E-state index in [0.29, 0.717) is 16.9 Å². The summed E-state index contributed by atoms with van der Waals surface area (Å²) in [6, 6.07) is 4.64. The van der Waals surface area contributed by atoms with Crippen molar-refractivity contribution in [1.29, 1.82) is 0 Å². The van der Waals surface area contributed by atoms with E-state index in [1.165, 1.54) is 25.3 Å². The van der Waals surface area contributed by atoms with E-state index in [4.69, 9.17) is 11.6 Å². The second-order valence-electron chi connectivity index (χ2n) is 4.15. The molecule has 0 saturated heterocycles. The highest BCUT2D eigenvalue weighted by Crippen LogP contribution is 2.41. The van der Waals surface area contributed by atoms with Gasteiger partial charge in [-0.15, -0.1) is 0 Å². The highest BCUT2D eigenvalue weighted by molar-refractivity contribution is 6.31. The molecule has 0 nitrogen and oxygen atoms in total. The molecule has 76 valence electrons. The topological polar surface area (TPSA) is 0 Å². The molecule has 0 radical (unpaired) electrons. The maximum absolute atomic E-state index is 13.0. The highest BCUT2D eigenvalue weighted by atomic mass is 35.5. The zero-order valence-corrected chi connectivity index (χ0v) is 9.02. The monoisotopic (exact) mass is 212 g/mol. The summed E-state index contributed by atoms with van der Waals surface area (Å²) in [7, 11) is 0. The van der Waals surface area contributed by atoms with E-state index in [2.05, 4.69) is 6.92 Å². The molecule has 1 aromatic rings. The van der Waals surface area contributed by atoms with Gasteiger partial charge in [-0.05, 0) is 48.4 Å². The van der Waals surface area contributed by atoms with Crippen molar-refractivity contribution in [2.45, 2.75) is 32.1 Å². The van der Waals surface area contributed by atoms with E-state index < -0.39 is 0 Å². The summed E-state index contributed by atoms with van der Waals surface area (Å²) < 4.78 is 13.0. The van der Waals surface area contributed by atoms with Crippen LogP contribution in [0, 0.1) is 11.7 Å². The predicted octanol–water partition coefficient (Wildman–Crippen LogP) is 4.38. The zero-order valence-electron chi connectivity index (χ0n) is 8.26. The average molecular weight is 213 g/mol. The van der Waals surface area contributed by atoms with E-state index in [9.17, 15) is 4.39 Å². The minimum absolute atomic E-state index is 0.185. The maximum Gasteiger partial charge on any atom is 0.123 e. The largest absolute Gasteiger partial charge is 0.207 e. The molecule has 1 unspecified atom stereocenters. The van der Waals surface area contributed by atoms with Gasteiger partial charge in [0.25, 0.3) is 0 Å². The first kappa shape index (κ1) is 9.97. The fourth-order valence-electron chi connectivity index (χ4n) is 2.06. The Bertz CT molecular complexity index is 331. The number of hydrogen-bond donors (Lipinski definition) is 0. The van der Waals surface area contributed by atoms with Gasteiger partial charge in [0.05, 0.1) is 0 Å². The first-order valence-corrected chi connectivity index (χ1v) is 5.51. The van der Waals surface area contributed by atoms with Crippen LogP contribution >= 0.6 is 11.6 Å². The normalized spacial score (nSPS) is 19.1. The number of benzene rings is 1. The van der Waals surface area contributed by atoms with Crippen LogP contribution < -0.4 is 0 Å². The van der Waals surface area contributed by atoms with E-state index in [1.807, 2.05) is 0 Å². The second kappa shape index (κ2) is 3.90. The molecule has 0 N–H and O–H groups in total. The highest BCUT2D eigenvalue weighted by Gasteiger charge is 2.26. The SMILES string of the molecule is CC(c1cc(F)ccc1Cl)C1CCC1. The second-order valence-corrected chi connectivity index (χ2v) is 4.55. The van der Waals surface area contributed by atoms with E-state index in [0.717, 1.165) is 5.56 Å². The molecular weight excluding hydrogens is 199 g/mol. The molecule has 2 heteroatoms. The average Bonchev–Trinajstić information content (AvgIpc) is 2.06. The molecule has 1 aliphatic carbocycles. The molecule has 1 aliphatic rings. The van der Waals surface area contributed by atoms with E-state index in [-0.39, 0.29) is 5.82 Å². The van der Waals surface area contributed by atoms with Crippen molar-refractivity contribution in [2.75, 3.05) is 0 Å². The Morgan fingerprint density at radius 1 is 1.43 bits per heavy atom. The van der Waals surface area contributed by atoms with Crippen molar-refractivity contribution >= 4 is 11.6 Å². The number of hydrogen-bond acceptors (Lipinski definition) is 0. The van der Waals surface area contributed by atoms with E-state index in [1.54, 1.807) is 12.1 Å². The Kier molecular flexibility index (Phi) is 2.78. The minimum atomic E-state index is -0.185. The molecule has 0 spiro atoms. The molecule has 2 rings (SSSR count). The Morgan fingerprint density at radius 3 is 2.71 bits per heavy atom. The van der Waals surface area contributed by atoms with Gasteiger partial charge in [0.2, 0.25) is 0 Å². The van der Waals surface area contributed by atoms with Gasteiger partial charge in [-0.3, -0.25) is 0 Å². The summed E-state index contributed by atoms with van der Waals surface area (Å²) in [5.74, 6) is 0.914. The first-order valence-electron chi connectivity index (χ1n) is 5.13. The maximum atomic E-state index is 13.0. The summed E-state index contributed by atoms with van der Waals surface area (Å²) >= 11 is 6.05. The smallest absolute Gasteiger partial charge is 0.123 e. The van der Waals surface area contributed by atoms with Crippen LogP contribution in [0.5, 0.6) is 0 Å². The Balaban J connectivity index is 2.24. The summed E-state index contributed by atoms with van der Waals surface area (Å²) in [6.45, 7) is 2.14. The molecule has 14 heavy (non-hydrogen) atoms. The Hall–Kier alpha value is -0.560. The van der Waals surface area contributed by atoms with Crippen LogP contribution in [0.3, 0.4) is 0 Å². The lowest BCUT2D eigenvalue weighted by molar-refractivity contribution is 0.272. The lowest BCUT2D eigenvalue weighted by Crippen LogP contribution is -2.18. The Labute approximate surface area is 89.1 Å². The molecule has 0 bridgehead atoms. The number of halogens is 2. The quantitative estimate of drug-likeness (QED) is 0.683. The Morgan fingerprint density at radius 2 is 2.14 bits per heavy atom. The van der Waals surface area contributed by atoms with Crippen molar-refractivity contribution in [3.05, 3.63) is 34.6 Å². The van der Waals surface area contributed by atoms with Crippen molar-refractivity contribution < 1.29 is 4.39 Å². The first-order chi connectivity index (χ1) is 6.68. The van der Waals surface area contributed by atoms with Crippen LogP contribution in [0.4, 0.5) is 4.39 Å². The third kappa shape index (κ3) is 1.78. The van der Waals surface area contributed by atoms with Crippen molar-refractivity contribution in [3.8, 4) is 0 Å². The van der Waals surface area contributed by atoms with Gasteiger partial charge in [0, 0.05) is 5.02 Å². The summed E-state index contributed by atoms with van der Waals surface area (Å²) in [4.78, 5) is 0. The molecule has 1 saturated carbocycles. The molecule has 1 fully saturated rings. The van der Waals surface area contributed by atoms with Gasteiger partial charge in [-0.25, -0.2) is 4.39 Å². The van der Waals surface area contributed by atoms with Gasteiger partial charge >= 0.3 is 0 Å². The fourth-order valence-corrected chi connectivity index (χ4v) is 2.35. The van der Waals surface area contributed by atoms with Gasteiger partial charge in [0.15, 0.2) is 0 Å². The van der Waals surface area contributed by atoms with Crippen molar-refractivity contribution in [1.82, 2.24) is 0 Å².